The molecule has 1 aromatic rings. The molecule has 3 N–H and O–H groups in total. The molecule has 0 bridgehead atoms. The third-order valence-corrected chi connectivity index (χ3v) is 4.18. The van der Waals surface area contributed by atoms with E-state index in [-0.39, 0.29) is 16.5 Å². The molecule has 0 heterocycles. The number of hydrogen-bond acceptors (Lipinski definition) is 3. The Bertz CT molecular complexity index is 581. The van der Waals surface area contributed by atoms with Gasteiger partial charge in [0, 0.05) is 10.4 Å². The fourth-order valence-electron chi connectivity index (χ4n) is 2.03. The van der Waals surface area contributed by atoms with E-state index in [1.54, 1.807) is 6.07 Å². The zero-order valence-electron chi connectivity index (χ0n) is 8.93. The van der Waals surface area contributed by atoms with E-state index >= 15 is 0 Å². The summed E-state index contributed by atoms with van der Waals surface area (Å²) in [6.45, 7) is 0. The fourth-order valence-corrected chi connectivity index (χ4v) is 3.32. The lowest BCUT2D eigenvalue weighted by atomic mass is 9.97. The number of allylic oxidation sites excluding steroid dienone is 2. The molecular formula is C11H12BrNO3S. The van der Waals surface area contributed by atoms with E-state index in [9.17, 15) is 8.42 Å². The molecule has 92 valence electrons. The van der Waals surface area contributed by atoms with Gasteiger partial charge in [-0.05, 0) is 30.5 Å². The normalized spacial score (nSPS) is 19.8. The van der Waals surface area contributed by atoms with Crippen molar-refractivity contribution in [3.63, 3.8) is 0 Å². The van der Waals surface area contributed by atoms with Crippen LogP contribution in [0, 0.1) is 0 Å². The molecule has 0 saturated heterocycles. The number of nitrogen functional groups attached to an aromatic ring is 1. The molecule has 0 spiro atoms. The average molecular weight is 318 g/mol. The van der Waals surface area contributed by atoms with Gasteiger partial charge in [-0.3, -0.25) is 4.55 Å². The van der Waals surface area contributed by atoms with Crippen LogP contribution in [-0.2, 0) is 10.1 Å². The lowest BCUT2D eigenvalue weighted by Gasteiger charge is -2.14. The summed E-state index contributed by atoms with van der Waals surface area (Å²) in [6, 6.07) is 3.11. The molecule has 1 unspecified atom stereocenters. The van der Waals surface area contributed by atoms with Gasteiger partial charge in [0.1, 0.15) is 4.90 Å². The van der Waals surface area contributed by atoms with Crippen LogP contribution in [0.2, 0.25) is 0 Å². The van der Waals surface area contributed by atoms with E-state index in [2.05, 4.69) is 15.9 Å². The summed E-state index contributed by atoms with van der Waals surface area (Å²) < 4.78 is 32.1. The van der Waals surface area contributed by atoms with Crippen molar-refractivity contribution in [2.24, 2.45) is 0 Å². The van der Waals surface area contributed by atoms with E-state index < -0.39 is 10.1 Å². The Morgan fingerprint density at radius 2 is 2.12 bits per heavy atom. The third kappa shape index (κ3) is 2.53. The summed E-state index contributed by atoms with van der Waals surface area (Å²) in [5.41, 5.74) is 6.69. The molecule has 0 amide bonds. The van der Waals surface area contributed by atoms with Crippen LogP contribution in [0.3, 0.4) is 0 Å². The Kier molecular flexibility index (Phi) is 3.29. The van der Waals surface area contributed by atoms with Crippen LogP contribution >= 0.6 is 15.9 Å². The van der Waals surface area contributed by atoms with Crippen LogP contribution in [0.25, 0.3) is 0 Å². The molecule has 1 atom stereocenters. The molecule has 17 heavy (non-hydrogen) atoms. The van der Waals surface area contributed by atoms with Gasteiger partial charge in [0.05, 0.1) is 5.69 Å². The molecule has 0 aromatic heterocycles. The number of nitrogens with two attached hydrogens (primary N) is 1. The molecule has 0 radical (unpaired) electrons. The van der Waals surface area contributed by atoms with Gasteiger partial charge in [0.2, 0.25) is 0 Å². The fraction of sp³-hybridized carbons (Fsp3) is 0.273. The van der Waals surface area contributed by atoms with Gasteiger partial charge >= 0.3 is 0 Å². The van der Waals surface area contributed by atoms with Gasteiger partial charge in [-0.15, -0.1) is 0 Å². The number of halogens is 1. The lowest BCUT2D eigenvalue weighted by Crippen LogP contribution is -2.07. The minimum absolute atomic E-state index is 0.119. The highest BCUT2D eigenvalue weighted by molar-refractivity contribution is 9.10. The second-order valence-electron chi connectivity index (χ2n) is 3.99. The predicted molar refractivity (Wildman–Crippen MR) is 69.5 cm³/mol. The highest BCUT2D eigenvalue weighted by atomic mass is 79.9. The summed E-state index contributed by atoms with van der Waals surface area (Å²) in [6.07, 6.45) is 5.91. The van der Waals surface area contributed by atoms with Crippen LogP contribution in [0.5, 0.6) is 0 Å². The van der Waals surface area contributed by atoms with Crippen molar-refractivity contribution in [1.82, 2.24) is 0 Å². The first-order valence-electron chi connectivity index (χ1n) is 5.12. The number of hydrogen-bond donors (Lipinski definition) is 2. The zero-order valence-corrected chi connectivity index (χ0v) is 11.3. The van der Waals surface area contributed by atoms with Crippen molar-refractivity contribution in [3.05, 3.63) is 34.3 Å². The molecule has 0 saturated carbocycles. The summed E-state index contributed by atoms with van der Waals surface area (Å²) in [5.74, 6) is 0.119. The van der Waals surface area contributed by atoms with Crippen molar-refractivity contribution in [3.8, 4) is 0 Å². The summed E-state index contributed by atoms with van der Waals surface area (Å²) >= 11 is 3.23. The Labute approximate surface area is 108 Å². The first kappa shape index (κ1) is 12.6. The first-order chi connectivity index (χ1) is 7.89. The van der Waals surface area contributed by atoms with E-state index in [4.69, 9.17) is 10.3 Å². The van der Waals surface area contributed by atoms with Crippen LogP contribution < -0.4 is 5.73 Å². The summed E-state index contributed by atoms with van der Waals surface area (Å²) in [5, 5.41) is 0. The van der Waals surface area contributed by atoms with Crippen LogP contribution in [0.1, 0.15) is 24.3 Å². The Hall–Kier alpha value is -0.850. The van der Waals surface area contributed by atoms with Gasteiger partial charge in [-0.1, -0.05) is 28.1 Å². The molecular weight excluding hydrogens is 306 g/mol. The Morgan fingerprint density at radius 1 is 1.41 bits per heavy atom. The molecule has 4 nitrogen and oxygen atoms in total. The van der Waals surface area contributed by atoms with Gasteiger partial charge in [0.15, 0.2) is 0 Å². The van der Waals surface area contributed by atoms with Gasteiger partial charge in [-0.25, -0.2) is 0 Å². The maximum Gasteiger partial charge on any atom is 0.296 e. The van der Waals surface area contributed by atoms with E-state index in [0.29, 0.717) is 4.47 Å². The van der Waals surface area contributed by atoms with Crippen molar-refractivity contribution in [2.75, 3.05) is 5.73 Å². The van der Waals surface area contributed by atoms with Crippen molar-refractivity contribution in [1.29, 1.82) is 0 Å². The van der Waals surface area contributed by atoms with Crippen LogP contribution in [-0.4, -0.2) is 13.0 Å². The van der Waals surface area contributed by atoms with Crippen molar-refractivity contribution < 1.29 is 13.0 Å². The Morgan fingerprint density at radius 3 is 2.65 bits per heavy atom. The number of rotatable bonds is 2. The van der Waals surface area contributed by atoms with E-state index in [0.717, 1.165) is 18.4 Å². The number of anilines is 1. The highest BCUT2D eigenvalue weighted by Crippen LogP contribution is 2.37. The average Bonchev–Trinajstić information content (AvgIpc) is 2.72. The van der Waals surface area contributed by atoms with Gasteiger partial charge < -0.3 is 5.73 Å². The topological polar surface area (TPSA) is 80.4 Å². The maximum absolute atomic E-state index is 11.2. The standard InChI is InChI=1S/C11H12BrNO3S/c12-8-5-9(7-3-1-2-4-7)11(13)10(6-8)17(14,15)16/h1,3,5-7H,2,4,13H2,(H,14,15,16). The van der Waals surface area contributed by atoms with E-state index in [1.165, 1.54) is 6.07 Å². The molecule has 0 fully saturated rings. The SMILES string of the molecule is Nc1c(C2C=CCC2)cc(Br)cc1S(=O)(=O)O. The van der Waals surface area contributed by atoms with Crippen LogP contribution in [0.4, 0.5) is 5.69 Å². The molecule has 0 aliphatic heterocycles. The van der Waals surface area contributed by atoms with Crippen molar-refractivity contribution >= 4 is 31.7 Å². The van der Waals surface area contributed by atoms with Crippen molar-refractivity contribution in [2.45, 2.75) is 23.7 Å². The first-order valence-corrected chi connectivity index (χ1v) is 7.36. The Balaban J connectivity index is 2.61. The zero-order chi connectivity index (χ0) is 12.6. The minimum atomic E-state index is -4.29. The van der Waals surface area contributed by atoms with Gasteiger partial charge in [0.25, 0.3) is 10.1 Å². The second kappa shape index (κ2) is 4.44. The largest absolute Gasteiger partial charge is 0.397 e. The molecule has 1 aliphatic carbocycles. The quantitative estimate of drug-likeness (QED) is 0.499. The van der Waals surface area contributed by atoms with Crippen LogP contribution in [0.15, 0.2) is 33.7 Å². The maximum atomic E-state index is 11.2. The molecule has 1 aliphatic rings. The predicted octanol–water partition coefficient (Wildman–Crippen LogP) is 2.71. The summed E-state index contributed by atoms with van der Waals surface area (Å²) in [7, 11) is -4.29. The monoisotopic (exact) mass is 317 g/mol. The lowest BCUT2D eigenvalue weighted by molar-refractivity contribution is 0.483. The minimum Gasteiger partial charge on any atom is -0.397 e. The smallest absolute Gasteiger partial charge is 0.296 e. The highest BCUT2D eigenvalue weighted by Gasteiger charge is 2.22. The third-order valence-electron chi connectivity index (χ3n) is 2.83. The number of benzene rings is 1. The van der Waals surface area contributed by atoms with Gasteiger partial charge in [-0.2, -0.15) is 8.42 Å². The molecule has 6 heteroatoms. The molecule has 1 aromatic carbocycles. The second-order valence-corrected chi connectivity index (χ2v) is 6.30. The van der Waals surface area contributed by atoms with E-state index in [1.807, 2.05) is 12.2 Å². The molecule has 2 rings (SSSR count). The summed E-state index contributed by atoms with van der Waals surface area (Å²) in [4.78, 5) is -0.234.